The van der Waals surface area contributed by atoms with Crippen molar-refractivity contribution in [1.82, 2.24) is 16.0 Å². The van der Waals surface area contributed by atoms with Crippen LogP contribution in [-0.4, -0.2) is 42.2 Å². The molecule has 7 heteroatoms. The SMILES string of the molecule is C=C(N[C@@H](CC(C)C)C(=O)N[C@H](CO)C[C@@H]1CCNC1=O)OCc1ccccc1. The van der Waals surface area contributed by atoms with Crippen molar-refractivity contribution in [2.45, 2.75) is 51.8 Å². The van der Waals surface area contributed by atoms with Crippen molar-refractivity contribution in [2.75, 3.05) is 13.2 Å². The molecule has 0 aromatic heterocycles. The molecule has 0 aliphatic carbocycles. The van der Waals surface area contributed by atoms with E-state index in [2.05, 4.69) is 22.5 Å². The molecule has 160 valence electrons. The van der Waals surface area contributed by atoms with Gasteiger partial charge in [-0.15, -0.1) is 0 Å². The van der Waals surface area contributed by atoms with Crippen LogP contribution in [-0.2, 0) is 20.9 Å². The summed E-state index contributed by atoms with van der Waals surface area (Å²) in [5, 5.41) is 18.4. The maximum atomic E-state index is 12.8. The van der Waals surface area contributed by atoms with Crippen LogP contribution in [0.5, 0.6) is 0 Å². The van der Waals surface area contributed by atoms with Crippen LogP contribution in [0.2, 0.25) is 0 Å². The summed E-state index contributed by atoms with van der Waals surface area (Å²) >= 11 is 0. The number of nitrogens with one attached hydrogen (secondary N) is 3. The van der Waals surface area contributed by atoms with Crippen molar-refractivity contribution >= 4 is 11.8 Å². The molecular weight excluding hydrogens is 370 g/mol. The number of hydrogen-bond acceptors (Lipinski definition) is 5. The number of ether oxygens (including phenoxy) is 1. The molecule has 29 heavy (non-hydrogen) atoms. The Balaban J connectivity index is 1.89. The summed E-state index contributed by atoms with van der Waals surface area (Å²) < 4.78 is 5.66. The van der Waals surface area contributed by atoms with Crippen molar-refractivity contribution in [3.8, 4) is 0 Å². The second kappa shape index (κ2) is 11.5. The predicted octanol–water partition coefficient (Wildman–Crippen LogP) is 1.68. The fourth-order valence-corrected chi connectivity index (χ4v) is 3.38. The van der Waals surface area contributed by atoms with Gasteiger partial charge in [0.1, 0.15) is 12.6 Å². The number of carbonyl (C=O) groups excluding carboxylic acids is 2. The molecule has 0 radical (unpaired) electrons. The van der Waals surface area contributed by atoms with E-state index in [9.17, 15) is 14.7 Å². The molecule has 2 rings (SSSR count). The number of amides is 2. The lowest BCUT2D eigenvalue weighted by Gasteiger charge is -2.25. The molecule has 0 bridgehead atoms. The van der Waals surface area contributed by atoms with Crippen molar-refractivity contribution in [1.29, 1.82) is 0 Å². The smallest absolute Gasteiger partial charge is 0.242 e. The van der Waals surface area contributed by atoms with Crippen LogP contribution in [0, 0.1) is 11.8 Å². The van der Waals surface area contributed by atoms with Crippen molar-refractivity contribution in [3.63, 3.8) is 0 Å². The van der Waals surface area contributed by atoms with Gasteiger partial charge in [0, 0.05) is 12.5 Å². The number of benzene rings is 1. The topological polar surface area (TPSA) is 99.7 Å². The Bertz CT molecular complexity index is 678. The summed E-state index contributed by atoms with van der Waals surface area (Å²) in [7, 11) is 0. The molecule has 7 nitrogen and oxygen atoms in total. The summed E-state index contributed by atoms with van der Waals surface area (Å²) in [6.07, 6.45) is 1.73. The van der Waals surface area contributed by atoms with Crippen molar-refractivity contribution in [2.24, 2.45) is 11.8 Å². The van der Waals surface area contributed by atoms with Gasteiger partial charge in [-0.2, -0.15) is 0 Å². The molecule has 1 aromatic carbocycles. The predicted molar refractivity (Wildman–Crippen MR) is 111 cm³/mol. The van der Waals surface area contributed by atoms with Crippen LogP contribution in [0.25, 0.3) is 0 Å². The van der Waals surface area contributed by atoms with Gasteiger partial charge in [-0.3, -0.25) is 9.59 Å². The zero-order valence-electron chi connectivity index (χ0n) is 17.3. The van der Waals surface area contributed by atoms with Gasteiger partial charge in [0.25, 0.3) is 0 Å². The lowest BCUT2D eigenvalue weighted by Crippen LogP contribution is -2.50. The van der Waals surface area contributed by atoms with E-state index in [-0.39, 0.29) is 30.3 Å². The Hall–Kier alpha value is -2.54. The first-order valence-electron chi connectivity index (χ1n) is 10.2. The van der Waals surface area contributed by atoms with Gasteiger partial charge in [-0.05, 0) is 37.3 Å². The summed E-state index contributed by atoms with van der Waals surface area (Å²) in [6, 6.07) is 8.71. The van der Waals surface area contributed by atoms with Gasteiger partial charge in [-0.1, -0.05) is 44.2 Å². The van der Waals surface area contributed by atoms with Crippen molar-refractivity contribution in [3.05, 3.63) is 48.4 Å². The van der Waals surface area contributed by atoms with E-state index in [1.54, 1.807) is 0 Å². The van der Waals surface area contributed by atoms with Crippen LogP contribution in [0.15, 0.2) is 42.8 Å². The van der Waals surface area contributed by atoms with Gasteiger partial charge in [0.05, 0.1) is 12.6 Å². The van der Waals surface area contributed by atoms with Crippen LogP contribution >= 0.6 is 0 Å². The Morgan fingerprint density at radius 3 is 2.62 bits per heavy atom. The van der Waals surface area contributed by atoms with Crippen molar-refractivity contribution < 1.29 is 19.4 Å². The highest BCUT2D eigenvalue weighted by atomic mass is 16.5. The third-order valence-electron chi connectivity index (χ3n) is 4.91. The Labute approximate surface area is 172 Å². The molecule has 4 N–H and O–H groups in total. The highest BCUT2D eigenvalue weighted by molar-refractivity contribution is 5.83. The molecule has 1 heterocycles. The van der Waals surface area contributed by atoms with Gasteiger partial charge in [0.2, 0.25) is 11.8 Å². The maximum absolute atomic E-state index is 12.8. The first-order valence-corrected chi connectivity index (χ1v) is 10.2. The molecular formula is C22H33N3O4. The van der Waals surface area contributed by atoms with E-state index in [4.69, 9.17) is 4.74 Å². The number of aliphatic hydroxyl groups excluding tert-OH is 1. The number of carbonyl (C=O) groups is 2. The average Bonchev–Trinajstić information content (AvgIpc) is 3.10. The van der Waals surface area contributed by atoms with Crippen LogP contribution < -0.4 is 16.0 Å². The quantitative estimate of drug-likeness (QED) is 0.398. The van der Waals surface area contributed by atoms with E-state index in [0.717, 1.165) is 12.0 Å². The molecule has 1 aromatic rings. The largest absolute Gasteiger partial charge is 0.475 e. The minimum atomic E-state index is -0.537. The van der Waals surface area contributed by atoms with Gasteiger partial charge in [0.15, 0.2) is 5.88 Å². The van der Waals surface area contributed by atoms with Gasteiger partial charge in [-0.25, -0.2) is 0 Å². The lowest BCUT2D eigenvalue weighted by atomic mass is 9.97. The fourth-order valence-electron chi connectivity index (χ4n) is 3.38. The molecule has 2 amide bonds. The first kappa shape index (κ1) is 22.7. The second-order valence-corrected chi connectivity index (χ2v) is 7.92. The minimum Gasteiger partial charge on any atom is -0.475 e. The maximum Gasteiger partial charge on any atom is 0.242 e. The van der Waals surface area contributed by atoms with E-state index >= 15 is 0 Å². The van der Waals surface area contributed by atoms with Gasteiger partial charge < -0.3 is 25.8 Å². The molecule has 0 unspecified atom stereocenters. The number of rotatable bonds is 12. The summed E-state index contributed by atoms with van der Waals surface area (Å²) in [5.41, 5.74) is 1.01. The third-order valence-corrected chi connectivity index (χ3v) is 4.91. The Morgan fingerprint density at radius 2 is 2.03 bits per heavy atom. The Morgan fingerprint density at radius 1 is 1.31 bits per heavy atom. The molecule has 0 saturated carbocycles. The van der Waals surface area contributed by atoms with E-state index in [1.165, 1.54) is 0 Å². The van der Waals surface area contributed by atoms with Crippen LogP contribution in [0.1, 0.15) is 38.7 Å². The van der Waals surface area contributed by atoms with Crippen LogP contribution in [0.3, 0.4) is 0 Å². The second-order valence-electron chi connectivity index (χ2n) is 7.92. The van der Waals surface area contributed by atoms with E-state index in [1.807, 2.05) is 44.2 Å². The average molecular weight is 404 g/mol. The fraction of sp³-hybridized carbons (Fsp3) is 0.545. The molecule has 3 atom stereocenters. The number of hydrogen-bond donors (Lipinski definition) is 4. The van der Waals surface area contributed by atoms with E-state index in [0.29, 0.717) is 31.9 Å². The minimum absolute atomic E-state index is 0.0164. The highest BCUT2D eigenvalue weighted by Crippen LogP contribution is 2.16. The first-order chi connectivity index (χ1) is 13.9. The summed E-state index contributed by atoms with van der Waals surface area (Å²) in [4.78, 5) is 24.6. The number of aliphatic hydroxyl groups is 1. The molecule has 1 saturated heterocycles. The molecule has 0 spiro atoms. The normalized spacial score (nSPS) is 18.1. The molecule has 1 aliphatic rings. The zero-order chi connectivity index (χ0) is 21.2. The van der Waals surface area contributed by atoms with E-state index < -0.39 is 12.1 Å². The third kappa shape index (κ3) is 7.77. The highest BCUT2D eigenvalue weighted by Gasteiger charge is 2.29. The van der Waals surface area contributed by atoms with Gasteiger partial charge >= 0.3 is 0 Å². The van der Waals surface area contributed by atoms with Crippen LogP contribution in [0.4, 0.5) is 0 Å². The summed E-state index contributed by atoms with van der Waals surface area (Å²) in [5.74, 6) is 0.171. The Kier molecular flexibility index (Phi) is 8.99. The monoisotopic (exact) mass is 403 g/mol. The standard InChI is InChI=1S/C22H33N3O4/c1-15(2)11-20(24-16(3)29-14-17-7-5-4-6-8-17)22(28)25-19(13-26)12-18-9-10-23-21(18)27/h4-8,15,18-20,24,26H,3,9-14H2,1-2H3,(H,23,27)(H,25,28)/t18-,19-,20-/m0/s1. The zero-order valence-corrected chi connectivity index (χ0v) is 17.3. The molecule has 1 fully saturated rings. The summed E-state index contributed by atoms with van der Waals surface area (Å²) in [6.45, 7) is 8.73. The lowest BCUT2D eigenvalue weighted by molar-refractivity contribution is -0.126. The molecule has 1 aliphatic heterocycles.